The summed E-state index contributed by atoms with van der Waals surface area (Å²) < 4.78 is 5.53. The second kappa shape index (κ2) is 7.93. The van der Waals surface area contributed by atoms with Crippen molar-refractivity contribution in [2.24, 2.45) is 11.8 Å². The van der Waals surface area contributed by atoms with Crippen molar-refractivity contribution in [1.82, 2.24) is 4.98 Å². The standard InChI is InChI=1S/C22H23BN4O3/c1-11(24)14-4-3-5-15(20(14)30-2)25-16-10-17(27-22(29)13-8-9-13)26-21(23)18(16)19(28)12-6-7-12/h3-5,10,12-13,24H,6-9H2,1-2H3,(H2,25,26,27,29). The minimum absolute atomic E-state index is 0.0181. The van der Waals surface area contributed by atoms with Crippen LogP contribution in [0.3, 0.4) is 0 Å². The molecule has 2 aliphatic rings. The van der Waals surface area contributed by atoms with Gasteiger partial charge in [-0.1, -0.05) is 6.07 Å². The van der Waals surface area contributed by atoms with Crippen LogP contribution in [0.1, 0.15) is 48.5 Å². The van der Waals surface area contributed by atoms with Crippen molar-refractivity contribution in [2.45, 2.75) is 32.6 Å². The molecule has 2 radical (unpaired) electrons. The number of hydrogen-bond acceptors (Lipinski definition) is 6. The van der Waals surface area contributed by atoms with Crippen LogP contribution in [0.25, 0.3) is 0 Å². The van der Waals surface area contributed by atoms with Crippen LogP contribution in [-0.4, -0.2) is 37.3 Å². The number of ketones is 1. The highest BCUT2D eigenvalue weighted by Crippen LogP contribution is 2.37. The number of anilines is 3. The van der Waals surface area contributed by atoms with Gasteiger partial charge in [0.15, 0.2) is 11.5 Å². The average Bonchev–Trinajstić information content (AvgIpc) is 3.59. The molecule has 30 heavy (non-hydrogen) atoms. The van der Waals surface area contributed by atoms with Crippen molar-refractivity contribution in [3.05, 3.63) is 35.4 Å². The maximum atomic E-state index is 12.9. The number of benzene rings is 1. The van der Waals surface area contributed by atoms with E-state index in [0.717, 1.165) is 25.7 Å². The molecular weight excluding hydrogens is 379 g/mol. The van der Waals surface area contributed by atoms with Crippen LogP contribution in [0.15, 0.2) is 24.3 Å². The van der Waals surface area contributed by atoms with Gasteiger partial charge in [0.1, 0.15) is 13.7 Å². The molecular formula is C22H23BN4O3. The van der Waals surface area contributed by atoms with Crippen molar-refractivity contribution < 1.29 is 14.3 Å². The molecule has 0 unspecified atom stereocenters. The van der Waals surface area contributed by atoms with Crippen LogP contribution in [0.2, 0.25) is 0 Å². The van der Waals surface area contributed by atoms with Gasteiger partial charge >= 0.3 is 0 Å². The second-order valence-corrected chi connectivity index (χ2v) is 7.85. The predicted molar refractivity (Wildman–Crippen MR) is 117 cm³/mol. The molecule has 8 heteroatoms. The van der Waals surface area contributed by atoms with E-state index >= 15 is 0 Å². The fraction of sp³-hybridized carbons (Fsp3) is 0.364. The number of aromatic nitrogens is 1. The number of carbonyl (C=O) groups is 2. The van der Waals surface area contributed by atoms with Gasteiger partial charge in [-0.15, -0.1) is 0 Å². The van der Waals surface area contributed by atoms with E-state index in [2.05, 4.69) is 15.6 Å². The van der Waals surface area contributed by atoms with Crippen molar-refractivity contribution in [3.8, 4) is 5.75 Å². The third-order valence-electron chi connectivity index (χ3n) is 5.33. The van der Waals surface area contributed by atoms with Crippen LogP contribution >= 0.6 is 0 Å². The molecule has 1 aromatic heterocycles. The summed E-state index contributed by atoms with van der Waals surface area (Å²) >= 11 is 0. The van der Waals surface area contributed by atoms with Gasteiger partial charge in [-0.2, -0.15) is 0 Å². The average molecular weight is 402 g/mol. The van der Waals surface area contributed by atoms with Gasteiger partial charge in [-0.25, -0.2) is 4.98 Å². The summed E-state index contributed by atoms with van der Waals surface area (Å²) in [7, 11) is 7.70. The van der Waals surface area contributed by atoms with E-state index < -0.39 is 0 Å². The van der Waals surface area contributed by atoms with Gasteiger partial charge in [0.2, 0.25) is 5.91 Å². The number of methoxy groups -OCH3 is 1. The lowest BCUT2D eigenvalue weighted by molar-refractivity contribution is -0.117. The second-order valence-electron chi connectivity index (χ2n) is 7.85. The Bertz CT molecular complexity index is 1040. The maximum Gasteiger partial charge on any atom is 0.228 e. The van der Waals surface area contributed by atoms with Crippen LogP contribution in [0, 0.1) is 17.2 Å². The summed E-state index contributed by atoms with van der Waals surface area (Å²) in [6.07, 6.45) is 3.42. The summed E-state index contributed by atoms with van der Waals surface area (Å²) in [5, 5.41) is 14.0. The third-order valence-corrected chi connectivity index (χ3v) is 5.33. The number of nitrogens with one attached hydrogen (secondary N) is 3. The number of ether oxygens (including phenoxy) is 1. The number of rotatable bonds is 8. The monoisotopic (exact) mass is 402 g/mol. The molecule has 0 atom stereocenters. The largest absolute Gasteiger partial charge is 0.494 e. The third kappa shape index (κ3) is 4.08. The Kier molecular flexibility index (Phi) is 5.32. The Morgan fingerprint density at radius 1 is 1.17 bits per heavy atom. The molecule has 1 amide bonds. The quantitative estimate of drug-likeness (QED) is 0.358. The van der Waals surface area contributed by atoms with E-state index in [9.17, 15) is 9.59 Å². The molecule has 152 valence electrons. The summed E-state index contributed by atoms with van der Waals surface area (Å²) in [5.74, 6) is 0.628. The number of carbonyl (C=O) groups excluding carboxylic acids is 2. The molecule has 0 bridgehead atoms. The van der Waals surface area contributed by atoms with Crippen molar-refractivity contribution in [1.29, 1.82) is 5.41 Å². The molecule has 0 saturated heterocycles. The van der Waals surface area contributed by atoms with E-state index in [1.165, 1.54) is 7.11 Å². The maximum absolute atomic E-state index is 12.9. The Hall–Kier alpha value is -3.16. The molecule has 0 aliphatic heterocycles. The minimum Gasteiger partial charge on any atom is -0.494 e. The molecule has 2 fully saturated rings. The van der Waals surface area contributed by atoms with Crippen LogP contribution < -0.4 is 21.0 Å². The van der Waals surface area contributed by atoms with Gasteiger partial charge in [0.25, 0.3) is 0 Å². The zero-order valence-electron chi connectivity index (χ0n) is 17.0. The number of hydrogen-bond donors (Lipinski definition) is 3. The Balaban J connectivity index is 1.75. The lowest BCUT2D eigenvalue weighted by atomic mass is 9.91. The molecule has 2 aliphatic carbocycles. The Labute approximate surface area is 176 Å². The first-order chi connectivity index (χ1) is 14.4. The molecule has 4 rings (SSSR count). The van der Waals surface area contributed by atoms with Crippen LogP contribution in [-0.2, 0) is 4.79 Å². The van der Waals surface area contributed by atoms with Crippen LogP contribution in [0.5, 0.6) is 5.75 Å². The molecule has 2 saturated carbocycles. The van der Waals surface area contributed by atoms with Gasteiger partial charge < -0.3 is 20.8 Å². The highest BCUT2D eigenvalue weighted by atomic mass is 16.5. The van der Waals surface area contributed by atoms with Crippen molar-refractivity contribution >= 4 is 48.0 Å². The van der Waals surface area contributed by atoms with E-state index in [-0.39, 0.29) is 29.1 Å². The summed E-state index contributed by atoms with van der Waals surface area (Å²) in [6, 6.07) is 7.04. The number of para-hydroxylation sites is 1. The molecule has 7 nitrogen and oxygen atoms in total. The number of pyridine rings is 1. The van der Waals surface area contributed by atoms with Crippen LogP contribution in [0.4, 0.5) is 17.2 Å². The molecule has 1 aromatic carbocycles. The van der Waals surface area contributed by atoms with E-state index in [1.54, 1.807) is 31.2 Å². The molecule has 3 N–H and O–H groups in total. The van der Waals surface area contributed by atoms with Gasteiger partial charge in [-0.05, 0) is 44.7 Å². The van der Waals surface area contributed by atoms with E-state index in [1.807, 2.05) is 0 Å². The first kappa shape index (κ1) is 20.1. The molecule has 1 heterocycles. The van der Waals surface area contributed by atoms with Crippen molar-refractivity contribution in [2.75, 3.05) is 17.7 Å². The van der Waals surface area contributed by atoms with E-state index in [4.69, 9.17) is 18.0 Å². The zero-order valence-corrected chi connectivity index (χ0v) is 17.0. The first-order valence-corrected chi connectivity index (χ1v) is 10.0. The predicted octanol–water partition coefficient (Wildman–Crippen LogP) is 2.96. The first-order valence-electron chi connectivity index (χ1n) is 10.0. The number of nitrogens with zero attached hydrogens (tertiary/aromatic N) is 1. The summed E-state index contributed by atoms with van der Waals surface area (Å²) in [4.78, 5) is 29.4. The lowest BCUT2D eigenvalue weighted by Crippen LogP contribution is -2.25. The number of Topliss-reactive ketones (excluding diaryl/α,β-unsaturated/α-hetero) is 1. The van der Waals surface area contributed by atoms with Gasteiger partial charge in [0.05, 0.1) is 24.0 Å². The smallest absolute Gasteiger partial charge is 0.228 e. The summed E-state index contributed by atoms with van der Waals surface area (Å²) in [6.45, 7) is 1.68. The topological polar surface area (TPSA) is 104 Å². The number of amides is 1. The highest BCUT2D eigenvalue weighted by molar-refractivity contribution is 6.36. The summed E-state index contributed by atoms with van der Waals surface area (Å²) in [5.41, 5.74) is 2.46. The fourth-order valence-electron chi connectivity index (χ4n) is 3.41. The SMILES string of the molecule is [B]c1nc(NC(=O)C2CC2)cc(Nc2cccc(C(C)=N)c2OC)c1C(=O)C1CC1. The molecule has 0 spiro atoms. The lowest BCUT2D eigenvalue weighted by Gasteiger charge is -2.19. The Morgan fingerprint density at radius 3 is 2.47 bits per heavy atom. The van der Waals surface area contributed by atoms with Crippen molar-refractivity contribution in [3.63, 3.8) is 0 Å². The fourth-order valence-corrected chi connectivity index (χ4v) is 3.41. The minimum atomic E-state index is -0.0897. The zero-order chi connectivity index (χ0) is 21.4. The Morgan fingerprint density at radius 2 is 1.87 bits per heavy atom. The van der Waals surface area contributed by atoms with Gasteiger partial charge in [-0.3, -0.25) is 9.59 Å². The molecule has 2 aromatic rings. The normalized spacial score (nSPS) is 15.4. The van der Waals surface area contributed by atoms with E-state index in [0.29, 0.717) is 39.8 Å². The van der Waals surface area contributed by atoms with Gasteiger partial charge in [0, 0.05) is 34.8 Å². The highest BCUT2D eigenvalue weighted by Gasteiger charge is 2.34.